The number of hydrogen-bond acceptors (Lipinski definition) is 3. The summed E-state index contributed by atoms with van der Waals surface area (Å²) in [5.74, 6) is 0.638. The fourth-order valence-corrected chi connectivity index (χ4v) is 4.49. The van der Waals surface area contributed by atoms with E-state index in [1.165, 1.54) is 27.8 Å². The summed E-state index contributed by atoms with van der Waals surface area (Å²) < 4.78 is 5.86. The van der Waals surface area contributed by atoms with E-state index in [-0.39, 0.29) is 24.6 Å². The van der Waals surface area contributed by atoms with Gasteiger partial charge in [0, 0.05) is 19.1 Å². The van der Waals surface area contributed by atoms with Gasteiger partial charge in [0.25, 0.3) is 5.91 Å². The number of aryl methyl sites for hydroxylation is 1. The van der Waals surface area contributed by atoms with Gasteiger partial charge in [-0.1, -0.05) is 66.2 Å². The van der Waals surface area contributed by atoms with Crippen LogP contribution in [0.25, 0.3) is 0 Å². The Morgan fingerprint density at radius 3 is 2.62 bits per heavy atom. The van der Waals surface area contributed by atoms with Crippen LogP contribution in [0.5, 0.6) is 5.75 Å². The molecule has 0 spiro atoms. The van der Waals surface area contributed by atoms with Gasteiger partial charge in [-0.05, 0) is 61.6 Å². The van der Waals surface area contributed by atoms with Gasteiger partial charge in [-0.25, -0.2) is 0 Å². The maximum atomic E-state index is 12.0. The second-order valence-electron chi connectivity index (χ2n) is 8.89. The molecule has 0 unspecified atom stereocenters. The predicted octanol–water partition coefficient (Wildman–Crippen LogP) is 5.05. The Hall–Kier alpha value is -3.11. The van der Waals surface area contributed by atoms with Crippen LogP contribution in [0.3, 0.4) is 0 Å². The number of benzene rings is 3. The van der Waals surface area contributed by atoms with Crippen molar-refractivity contribution in [3.8, 4) is 5.75 Å². The molecule has 1 aliphatic rings. The van der Waals surface area contributed by atoms with Crippen molar-refractivity contribution in [1.82, 2.24) is 10.2 Å². The van der Waals surface area contributed by atoms with Gasteiger partial charge < -0.3 is 10.1 Å². The van der Waals surface area contributed by atoms with E-state index in [1.807, 2.05) is 19.9 Å². The van der Waals surface area contributed by atoms with Crippen LogP contribution in [0.15, 0.2) is 72.8 Å². The number of rotatable bonds is 7. The maximum Gasteiger partial charge on any atom is 0.258 e. The molecule has 1 amide bonds. The summed E-state index contributed by atoms with van der Waals surface area (Å²) in [5.41, 5.74) is 6.49. The van der Waals surface area contributed by atoms with E-state index in [0.717, 1.165) is 25.3 Å². The molecule has 4 heteroatoms. The SMILES string of the molecule is Cc1cccc(CN2CCc3ccc(OCC(=O)NC(C)C)cc3[C@@H]2c2ccccc2)c1. The molecule has 0 bridgehead atoms. The van der Waals surface area contributed by atoms with Gasteiger partial charge in [0.15, 0.2) is 6.61 Å². The Balaban J connectivity index is 1.62. The third-order valence-electron chi connectivity index (χ3n) is 5.85. The van der Waals surface area contributed by atoms with E-state index in [2.05, 4.69) is 83.9 Å². The standard InChI is InChI=1S/C28H32N2O2/c1-20(2)29-27(31)19-32-25-13-12-23-14-15-30(18-22-9-7-8-21(3)16-22)28(26(23)17-25)24-10-5-4-6-11-24/h4-13,16-17,20,28H,14-15,18-19H2,1-3H3,(H,29,31)/t28-/m0/s1. The number of carbonyl (C=O) groups is 1. The monoisotopic (exact) mass is 428 g/mol. The van der Waals surface area contributed by atoms with E-state index >= 15 is 0 Å². The average Bonchev–Trinajstić information content (AvgIpc) is 2.77. The minimum atomic E-state index is -0.0987. The van der Waals surface area contributed by atoms with Gasteiger partial charge in [-0.3, -0.25) is 9.69 Å². The number of ether oxygens (including phenoxy) is 1. The van der Waals surface area contributed by atoms with Crippen LogP contribution >= 0.6 is 0 Å². The van der Waals surface area contributed by atoms with Crippen LogP contribution in [0, 0.1) is 6.92 Å². The minimum Gasteiger partial charge on any atom is -0.484 e. The zero-order valence-corrected chi connectivity index (χ0v) is 19.2. The van der Waals surface area contributed by atoms with Gasteiger partial charge in [-0.15, -0.1) is 0 Å². The quantitative estimate of drug-likeness (QED) is 0.573. The number of nitrogens with one attached hydrogen (secondary N) is 1. The topological polar surface area (TPSA) is 41.6 Å². The van der Waals surface area contributed by atoms with Crippen molar-refractivity contribution in [1.29, 1.82) is 0 Å². The highest BCUT2D eigenvalue weighted by Crippen LogP contribution is 2.38. The first-order valence-electron chi connectivity index (χ1n) is 11.4. The first-order valence-corrected chi connectivity index (χ1v) is 11.4. The maximum absolute atomic E-state index is 12.0. The Bertz CT molecular complexity index is 1060. The van der Waals surface area contributed by atoms with Crippen LogP contribution in [-0.4, -0.2) is 30.0 Å². The van der Waals surface area contributed by atoms with E-state index < -0.39 is 0 Å². The van der Waals surface area contributed by atoms with Crippen molar-refractivity contribution in [2.45, 2.75) is 45.8 Å². The molecule has 3 aromatic carbocycles. The number of carbonyl (C=O) groups excluding carboxylic acids is 1. The number of fused-ring (bicyclic) bond motifs is 1. The van der Waals surface area contributed by atoms with Crippen LogP contribution in [0.2, 0.25) is 0 Å². The third-order valence-corrected chi connectivity index (χ3v) is 5.85. The summed E-state index contributed by atoms with van der Waals surface area (Å²) in [7, 11) is 0. The smallest absolute Gasteiger partial charge is 0.258 e. The van der Waals surface area contributed by atoms with Crippen molar-refractivity contribution >= 4 is 5.91 Å². The molecule has 0 saturated carbocycles. The lowest BCUT2D eigenvalue weighted by atomic mass is 9.87. The first kappa shape index (κ1) is 22.1. The van der Waals surface area contributed by atoms with E-state index in [1.54, 1.807) is 0 Å². The molecule has 4 nitrogen and oxygen atoms in total. The zero-order valence-electron chi connectivity index (χ0n) is 19.2. The Morgan fingerprint density at radius 2 is 1.88 bits per heavy atom. The Labute approximate surface area is 191 Å². The van der Waals surface area contributed by atoms with Crippen LogP contribution in [-0.2, 0) is 17.8 Å². The molecular weight excluding hydrogens is 396 g/mol. The second-order valence-corrected chi connectivity index (χ2v) is 8.89. The molecule has 1 aliphatic heterocycles. The number of nitrogens with zero attached hydrogens (tertiary/aromatic N) is 1. The van der Waals surface area contributed by atoms with E-state index in [4.69, 9.17) is 4.74 Å². The number of amides is 1. The zero-order chi connectivity index (χ0) is 22.5. The molecule has 0 saturated heterocycles. The molecular formula is C28H32N2O2. The lowest BCUT2D eigenvalue weighted by molar-refractivity contribution is -0.123. The van der Waals surface area contributed by atoms with Crippen LogP contribution in [0.1, 0.15) is 47.7 Å². The molecule has 1 heterocycles. The molecule has 1 N–H and O–H groups in total. The lowest BCUT2D eigenvalue weighted by Crippen LogP contribution is -2.36. The average molecular weight is 429 g/mol. The predicted molar refractivity (Wildman–Crippen MR) is 129 cm³/mol. The summed E-state index contributed by atoms with van der Waals surface area (Å²) in [6, 6.07) is 25.9. The summed E-state index contributed by atoms with van der Waals surface area (Å²) in [6.07, 6.45) is 0.999. The minimum absolute atomic E-state index is 0.0278. The van der Waals surface area contributed by atoms with E-state index in [9.17, 15) is 4.79 Å². The fraction of sp³-hybridized carbons (Fsp3) is 0.321. The van der Waals surface area contributed by atoms with Crippen molar-refractivity contribution in [2.75, 3.05) is 13.2 Å². The normalized spacial score (nSPS) is 15.9. The first-order chi connectivity index (χ1) is 15.5. The highest BCUT2D eigenvalue weighted by molar-refractivity contribution is 5.77. The molecule has 0 fully saturated rings. The molecule has 32 heavy (non-hydrogen) atoms. The third kappa shape index (κ3) is 5.38. The van der Waals surface area contributed by atoms with Crippen LogP contribution in [0.4, 0.5) is 0 Å². The van der Waals surface area contributed by atoms with Crippen molar-refractivity contribution in [2.24, 2.45) is 0 Å². The van der Waals surface area contributed by atoms with E-state index in [0.29, 0.717) is 0 Å². The summed E-state index contributed by atoms with van der Waals surface area (Å²) in [5, 5.41) is 2.88. The van der Waals surface area contributed by atoms with Crippen LogP contribution < -0.4 is 10.1 Å². The number of hydrogen-bond donors (Lipinski definition) is 1. The lowest BCUT2D eigenvalue weighted by Gasteiger charge is -2.38. The fourth-order valence-electron chi connectivity index (χ4n) is 4.49. The highest BCUT2D eigenvalue weighted by atomic mass is 16.5. The summed E-state index contributed by atoms with van der Waals surface area (Å²) >= 11 is 0. The summed E-state index contributed by atoms with van der Waals surface area (Å²) in [6.45, 7) is 7.96. The highest BCUT2D eigenvalue weighted by Gasteiger charge is 2.29. The molecule has 1 atom stereocenters. The Morgan fingerprint density at radius 1 is 1.06 bits per heavy atom. The molecule has 0 aromatic heterocycles. The van der Waals surface area contributed by atoms with Crippen molar-refractivity contribution in [3.05, 3.63) is 101 Å². The van der Waals surface area contributed by atoms with Gasteiger partial charge in [0.1, 0.15) is 5.75 Å². The molecule has 0 radical (unpaired) electrons. The van der Waals surface area contributed by atoms with Crippen molar-refractivity contribution in [3.63, 3.8) is 0 Å². The molecule has 0 aliphatic carbocycles. The van der Waals surface area contributed by atoms with Gasteiger partial charge in [0.05, 0.1) is 6.04 Å². The second kappa shape index (κ2) is 10.0. The molecule has 3 aromatic rings. The van der Waals surface area contributed by atoms with Gasteiger partial charge >= 0.3 is 0 Å². The van der Waals surface area contributed by atoms with Gasteiger partial charge in [0.2, 0.25) is 0 Å². The molecule has 166 valence electrons. The molecule has 4 rings (SSSR count). The Kier molecular flexibility index (Phi) is 6.91. The largest absolute Gasteiger partial charge is 0.484 e. The van der Waals surface area contributed by atoms with Gasteiger partial charge in [-0.2, -0.15) is 0 Å². The summed E-state index contributed by atoms with van der Waals surface area (Å²) in [4.78, 5) is 14.6. The van der Waals surface area contributed by atoms with Crippen molar-refractivity contribution < 1.29 is 9.53 Å².